The van der Waals surface area contributed by atoms with Crippen molar-refractivity contribution in [2.75, 3.05) is 19.6 Å². The molecule has 9 N–H and O–H groups in total. The summed E-state index contributed by atoms with van der Waals surface area (Å²) in [6.07, 6.45) is 5.01. The van der Waals surface area contributed by atoms with Crippen molar-refractivity contribution >= 4 is 28.6 Å². The van der Waals surface area contributed by atoms with E-state index >= 15 is 4.39 Å². The average Bonchev–Trinajstić information content (AvgIpc) is 3.37. The van der Waals surface area contributed by atoms with Crippen molar-refractivity contribution in [1.82, 2.24) is 30.5 Å². The second-order valence-corrected chi connectivity index (χ2v) is 11.4. The van der Waals surface area contributed by atoms with Gasteiger partial charge in [-0.05, 0) is 74.1 Å². The van der Waals surface area contributed by atoms with Gasteiger partial charge in [0.15, 0.2) is 11.8 Å². The first-order valence-corrected chi connectivity index (χ1v) is 14.6. The fraction of sp³-hybridized carbons (Fsp3) is 0.367. The molecule has 10 nitrogen and oxygen atoms in total. The van der Waals surface area contributed by atoms with Crippen LogP contribution in [0.5, 0.6) is 0 Å². The summed E-state index contributed by atoms with van der Waals surface area (Å²) in [5.41, 5.74) is 14.7. The van der Waals surface area contributed by atoms with E-state index in [1.165, 1.54) is 4.57 Å². The summed E-state index contributed by atoms with van der Waals surface area (Å²) in [5.74, 6) is -0.549. The minimum absolute atomic E-state index is 0.0285. The molecule has 1 aliphatic heterocycles. The van der Waals surface area contributed by atoms with Crippen molar-refractivity contribution in [3.8, 4) is 16.9 Å². The molecular weight excluding hydrogens is 557 g/mol. The molecule has 2 aromatic heterocycles. The Labute approximate surface area is 248 Å². The summed E-state index contributed by atoms with van der Waals surface area (Å²) < 4.78 is 16.6. The van der Waals surface area contributed by atoms with E-state index < -0.39 is 11.5 Å². The zero-order chi connectivity index (χ0) is 29.8. The molecule has 2 aromatic carbocycles. The molecule has 1 saturated heterocycles. The molecule has 0 aliphatic carbocycles. The molecule has 222 valence electrons. The lowest BCUT2D eigenvalue weighted by Crippen LogP contribution is -2.51. The monoisotopic (exact) mass is 593 g/mol. The molecule has 3 atom stereocenters. The number of aryl methyl sites for hydroxylation is 1. The first-order valence-electron chi connectivity index (χ1n) is 14.2. The van der Waals surface area contributed by atoms with Crippen molar-refractivity contribution in [2.45, 2.75) is 50.7 Å². The number of rotatable bonds is 10. The number of aromatic amines is 1. The van der Waals surface area contributed by atoms with E-state index in [-0.39, 0.29) is 29.1 Å². The lowest BCUT2D eigenvalue weighted by Gasteiger charge is -2.32. The van der Waals surface area contributed by atoms with Gasteiger partial charge in [0.25, 0.3) is 0 Å². The predicted molar refractivity (Wildman–Crippen MR) is 166 cm³/mol. The Morgan fingerprint density at radius 1 is 1.26 bits per heavy atom. The topological polar surface area (TPSA) is 163 Å². The van der Waals surface area contributed by atoms with E-state index in [2.05, 4.69) is 25.9 Å². The van der Waals surface area contributed by atoms with Crippen molar-refractivity contribution < 1.29 is 4.39 Å². The fourth-order valence-electron chi connectivity index (χ4n) is 5.39. The van der Waals surface area contributed by atoms with Gasteiger partial charge in [0.1, 0.15) is 5.65 Å². The highest BCUT2D eigenvalue weighted by Gasteiger charge is 2.22. The highest BCUT2D eigenvalue weighted by molar-refractivity contribution is 6.31. The van der Waals surface area contributed by atoms with Crippen molar-refractivity contribution in [1.29, 1.82) is 5.41 Å². The second kappa shape index (κ2) is 13.0. The molecule has 0 amide bonds. The third-order valence-corrected chi connectivity index (χ3v) is 7.84. The standard InChI is InChI=1S/C30H37ClFN9O/c1-17(33)3-2-4-18-11-23(27(32)24(31)12-18)25-13-20-16-41(30(42)40-28(20)39-25)22-7-5-19(6-8-22)26-15-36-14-21(38-26)9-10-37-29(34)35/h5-8,11-13,16-17,21,26,36,38H,2-4,9-10,14-15,33H2,1H3,(H4,34,35,37)(H,39,40,42)/t17-,21-,26-/m0/s1. The number of aromatic nitrogens is 3. The van der Waals surface area contributed by atoms with E-state index in [1.54, 1.807) is 24.4 Å². The van der Waals surface area contributed by atoms with Gasteiger partial charge in [-0.1, -0.05) is 23.7 Å². The van der Waals surface area contributed by atoms with Crippen LogP contribution < -0.4 is 33.1 Å². The fourth-order valence-corrected chi connectivity index (χ4v) is 5.63. The van der Waals surface area contributed by atoms with Crippen molar-refractivity contribution in [2.24, 2.45) is 11.5 Å². The van der Waals surface area contributed by atoms with Gasteiger partial charge in [-0.2, -0.15) is 4.98 Å². The molecule has 1 fully saturated rings. The summed E-state index contributed by atoms with van der Waals surface area (Å²) in [6.45, 7) is 4.20. The molecule has 5 rings (SSSR count). The Morgan fingerprint density at radius 2 is 2.05 bits per heavy atom. The number of hydrogen-bond donors (Lipinski definition) is 7. The first-order chi connectivity index (χ1) is 20.2. The SMILES string of the molecule is C[C@H](N)CCCc1cc(Cl)c(F)c(-c2cc3cn(-c4ccc([C@@H]5CNC[C@H](CCNC(=N)N)N5)cc4)c(=O)nc3[nH]2)c1. The number of piperazine rings is 1. The van der Waals surface area contributed by atoms with Gasteiger partial charge in [-0.25, -0.2) is 9.18 Å². The Hall–Kier alpha value is -3.77. The molecular formula is C30H37ClFN9O. The summed E-state index contributed by atoms with van der Waals surface area (Å²) in [5, 5.41) is 18.0. The van der Waals surface area contributed by atoms with Gasteiger partial charge in [0.05, 0.1) is 16.4 Å². The van der Waals surface area contributed by atoms with Crippen LogP contribution >= 0.6 is 11.6 Å². The molecule has 3 heterocycles. The third kappa shape index (κ3) is 6.99. The van der Waals surface area contributed by atoms with Crippen LogP contribution in [0.2, 0.25) is 5.02 Å². The van der Waals surface area contributed by atoms with Crippen molar-refractivity contribution in [3.05, 3.63) is 81.1 Å². The largest absolute Gasteiger partial charge is 0.370 e. The predicted octanol–water partition coefficient (Wildman–Crippen LogP) is 3.32. The molecule has 4 aromatic rings. The Balaban J connectivity index is 1.35. The van der Waals surface area contributed by atoms with Crippen LogP contribution in [-0.4, -0.2) is 52.2 Å². The number of H-pyrrole nitrogens is 1. The lowest BCUT2D eigenvalue weighted by atomic mass is 10.0. The second-order valence-electron chi connectivity index (χ2n) is 11.0. The van der Waals surface area contributed by atoms with E-state index in [1.807, 2.05) is 31.2 Å². The van der Waals surface area contributed by atoms with Gasteiger partial charge >= 0.3 is 5.69 Å². The minimum atomic E-state index is -0.520. The highest BCUT2D eigenvalue weighted by Crippen LogP contribution is 2.31. The van der Waals surface area contributed by atoms with Crippen LogP contribution in [0.3, 0.4) is 0 Å². The summed E-state index contributed by atoms with van der Waals surface area (Å²) in [7, 11) is 0. The van der Waals surface area contributed by atoms with Crippen LogP contribution in [0.4, 0.5) is 4.39 Å². The zero-order valence-corrected chi connectivity index (χ0v) is 24.3. The zero-order valence-electron chi connectivity index (χ0n) is 23.5. The highest BCUT2D eigenvalue weighted by atomic mass is 35.5. The number of nitrogens with zero attached hydrogens (tertiary/aromatic N) is 2. The van der Waals surface area contributed by atoms with E-state index in [4.69, 9.17) is 28.5 Å². The van der Waals surface area contributed by atoms with Crippen LogP contribution in [0.15, 0.2) is 53.5 Å². The number of halogens is 2. The maximum Gasteiger partial charge on any atom is 0.354 e. The van der Waals surface area contributed by atoms with Crippen molar-refractivity contribution in [3.63, 3.8) is 0 Å². The quantitative estimate of drug-likeness (QED) is 0.110. The molecule has 12 heteroatoms. The maximum absolute atomic E-state index is 15.1. The summed E-state index contributed by atoms with van der Waals surface area (Å²) in [6, 6.07) is 13.5. The van der Waals surface area contributed by atoms with Gasteiger partial charge in [-0.15, -0.1) is 0 Å². The van der Waals surface area contributed by atoms with E-state index in [0.29, 0.717) is 34.5 Å². The Kier molecular flexibility index (Phi) is 9.22. The molecule has 0 radical (unpaired) electrons. The first kappa shape index (κ1) is 29.7. The smallest absolute Gasteiger partial charge is 0.354 e. The lowest BCUT2D eigenvalue weighted by molar-refractivity contribution is 0.330. The maximum atomic E-state index is 15.1. The average molecular weight is 594 g/mol. The molecule has 1 aliphatic rings. The van der Waals surface area contributed by atoms with E-state index in [0.717, 1.165) is 49.9 Å². The van der Waals surface area contributed by atoms with Crippen LogP contribution in [0.1, 0.15) is 43.4 Å². The van der Waals surface area contributed by atoms with Crippen LogP contribution in [0, 0.1) is 11.2 Å². The molecule has 0 saturated carbocycles. The number of hydrogen-bond acceptors (Lipinski definition) is 6. The summed E-state index contributed by atoms with van der Waals surface area (Å²) in [4.78, 5) is 20.3. The number of benzene rings is 2. The Morgan fingerprint density at radius 3 is 2.79 bits per heavy atom. The van der Waals surface area contributed by atoms with E-state index in [9.17, 15) is 4.79 Å². The number of fused-ring (bicyclic) bond motifs is 1. The number of nitrogens with two attached hydrogens (primary N) is 2. The normalized spacial score (nSPS) is 17.8. The third-order valence-electron chi connectivity index (χ3n) is 7.57. The van der Waals surface area contributed by atoms with Gasteiger partial charge in [-0.3, -0.25) is 9.98 Å². The van der Waals surface area contributed by atoms with Gasteiger partial charge < -0.3 is 32.4 Å². The molecule has 0 bridgehead atoms. The minimum Gasteiger partial charge on any atom is -0.370 e. The van der Waals surface area contributed by atoms with Gasteiger partial charge in [0.2, 0.25) is 0 Å². The Bertz CT molecular complexity index is 1620. The van der Waals surface area contributed by atoms with Crippen LogP contribution in [0.25, 0.3) is 28.0 Å². The van der Waals surface area contributed by atoms with Crippen LogP contribution in [-0.2, 0) is 6.42 Å². The summed E-state index contributed by atoms with van der Waals surface area (Å²) >= 11 is 6.24. The number of nitrogens with one attached hydrogen (secondary N) is 5. The van der Waals surface area contributed by atoms with Gasteiger partial charge in [0, 0.05) is 54.9 Å². The molecule has 0 spiro atoms. The molecule has 0 unspecified atom stereocenters. The number of guanidine groups is 1. The molecule has 42 heavy (non-hydrogen) atoms.